The first-order chi connectivity index (χ1) is 8.44. The number of hydrogen-bond donors (Lipinski definition) is 0. The molecular weight excluding hydrogens is 228 g/mol. The van der Waals surface area contributed by atoms with Crippen LogP contribution in [0.1, 0.15) is 46.5 Å². The van der Waals surface area contributed by atoms with E-state index in [9.17, 15) is 14.9 Å². The van der Waals surface area contributed by atoms with E-state index in [1.54, 1.807) is 32.0 Å². The van der Waals surface area contributed by atoms with Crippen LogP contribution in [0.25, 0.3) is 0 Å². The standard InChI is InChI=1S/C14H14N2O2/c1-4-14(3,8-15)16-12(17)10-6-5-9(2)7-11(10)13(16)18/h5-7H,4H2,1-3H3. The Morgan fingerprint density at radius 1 is 1.28 bits per heavy atom. The van der Waals surface area contributed by atoms with Crippen LogP contribution in [0.5, 0.6) is 0 Å². The second-order valence-electron chi connectivity index (χ2n) is 4.73. The van der Waals surface area contributed by atoms with Crippen LogP contribution in [0.2, 0.25) is 0 Å². The Hall–Kier alpha value is -2.15. The summed E-state index contributed by atoms with van der Waals surface area (Å²) in [5, 5.41) is 9.22. The number of amides is 2. The van der Waals surface area contributed by atoms with Crippen molar-refractivity contribution in [1.82, 2.24) is 4.90 Å². The highest BCUT2D eigenvalue weighted by molar-refractivity contribution is 6.22. The Labute approximate surface area is 106 Å². The topological polar surface area (TPSA) is 61.2 Å². The lowest BCUT2D eigenvalue weighted by atomic mass is 9.99. The molecule has 4 nitrogen and oxygen atoms in total. The van der Waals surface area contributed by atoms with Gasteiger partial charge in [0.25, 0.3) is 11.8 Å². The average Bonchev–Trinajstić information content (AvgIpc) is 2.61. The summed E-state index contributed by atoms with van der Waals surface area (Å²) in [5.74, 6) is -0.745. The van der Waals surface area contributed by atoms with Crippen LogP contribution in [0, 0.1) is 18.3 Å². The number of aryl methyl sites for hydroxylation is 1. The zero-order valence-corrected chi connectivity index (χ0v) is 10.7. The number of hydrogen-bond acceptors (Lipinski definition) is 3. The summed E-state index contributed by atoms with van der Waals surface area (Å²) in [6, 6.07) is 7.21. The van der Waals surface area contributed by atoms with Crippen molar-refractivity contribution in [3.8, 4) is 6.07 Å². The monoisotopic (exact) mass is 242 g/mol. The molecule has 1 aromatic rings. The van der Waals surface area contributed by atoms with Gasteiger partial charge in [0.15, 0.2) is 0 Å². The first kappa shape index (κ1) is 12.3. The van der Waals surface area contributed by atoms with Crippen molar-refractivity contribution in [3.05, 3.63) is 34.9 Å². The molecule has 0 aliphatic carbocycles. The third kappa shape index (κ3) is 1.52. The second-order valence-corrected chi connectivity index (χ2v) is 4.73. The molecule has 2 rings (SSSR count). The number of fused-ring (bicyclic) bond motifs is 1. The van der Waals surface area contributed by atoms with Crippen molar-refractivity contribution >= 4 is 11.8 Å². The fourth-order valence-corrected chi connectivity index (χ4v) is 2.09. The van der Waals surface area contributed by atoms with Crippen LogP contribution in [-0.4, -0.2) is 22.3 Å². The molecular formula is C14H14N2O2. The van der Waals surface area contributed by atoms with Crippen molar-refractivity contribution in [2.24, 2.45) is 0 Å². The molecule has 1 aliphatic rings. The Balaban J connectivity index is 2.57. The first-order valence-corrected chi connectivity index (χ1v) is 5.85. The summed E-state index contributed by atoms with van der Waals surface area (Å²) >= 11 is 0. The predicted octanol–water partition coefficient (Wildman–Crippen LogP) is 2.28. The molecule has 1 unspecified atom stereocenters. The minimum atomic E-state index is -1.08. The smallest absolute Gasteiger partial charge is 0.262 e. The van der Waals surface area contributed by atoms with Gasteiger partial charge < -0.3 is 0 Å². The largest absolute Gasteiger partial charge is 0.269 e. The molecule has 0 bridgehead atoms. The van der Waals surface area contributed by atoms with E-state index in [0.717, 1.165) is 10.5 Å². The molecule has 1 heterocycles. The number of carbonyl (C=O) groups excluding carboxylic acids is 2. The Morgan fingerprint density at radius 3 is 2.44 bits per heavy atom. The maximum atomic E-state index is 12.3. The number of carbonyl (C=O) groups is 2. The second kappa shape index (κ2) is 3.95. The van der Waals surface area contributed by atoms with E-state index in [-0.39, 0.29) is 11.8 Å². The lowest BCUT2D eigenvalue weighted by Crippen LogP contribution is -2.48. The van der Waals surface area contributed by atoms with E-state index >= 15 is 0 Å². The zero-order valence-electron chi connectivity index (χ0n) is 10.7. The molecule has 0 saturated heterocycles. The highest BCUT2D eigenvalue weighted by atomic mass is 16.2. The van der Waals surface area contributed by atoms with Crippen LogP contribution in [-0.2, 0) is 0 Å². The summed E-state index contributed by atoms with van der Waals surface area (Å²) in [5.41, 5.74) is 0.628. The highest BCUT2D eigenvalue weighted by Crippen LogP contribution is 2.31. The maximum Gasteiger partial charge on any atom is 0.262 e. The minimum absolute atomic E-state index is 0.371. The molecule has 0 spiro atoms. The molecule has 1 aromatic carbocycles. The average molecular weight is 242 g/mol. The molecule has 0 fully saturated rings. The number of nitrogens with zero attached hydrogens (tertiary/aromatic N) is 2. The van der Waals surface area contributed by atoms with Crippen molar-refractivity contribution in [1.29, 1.82) is 5.26 Å². The molecule has 1 atom stereocenters. The minimum Gasteiger partial charge on any atom is -0.269 e. The van der Waals surface area contributed by atoms with Crippen LogP contribution in [0.15, 0.2) is 18.2 Å². The molecule has 1 aliphatic heterocycles. The van der Waals surface area contributed by atoms with Gasteiger partial charge in [0.05, 0.1) is 17.2 Å². The van der Waals surface area contributed by atoms with Crippen LogP contribution in [0.3, 0.4) is 0 Å². The van der Waals surface area contributed by atoms with E-state index in [1.165, 1.54) is 0 Å². The van der Waals surface area contributed by atoms with Crippen molar-refractivity contribution in [2.75, 3.05) is 0 Å². The molecule has 4 heteroatoms. The maximum absolute atomic E-state index is 12.3. The normalized spacial score (nSPS) is 17.3. The molecule has 0 aromatic heterocycles. The first-order valence-electron chi connectivity index (χ1n) is 5.85. The number of nitriles is 1. The summed E-state index contributed by atoms with van der Waals surface area (Å²) < 4.78 is 0. The van der Waals surface area contributed by atoms with Gasteiger partial charge in [-0.05, 0) is 32.4 Å². The molecule has 0 N–H and O–H groups in total. The van der Waals surface area contributed by atoms with Crippen LogP contribution >= 0.6 is 0 Å². The summed E-state index contributed by atoms with van der Waals surface area (Å²) in [6.45, 7) is 5.27. The van der Waals surface area contributed by atoms with Crippen LogP contribution in [0.4, 0.5) is 0 Å². The fraction of sp³-hybridized carbons (Fsp3) is 0.357. The highest BCUT2D eigenvalue weighted by Gasteiger charge is 2.45. The van der Waals surface area contributed by atoms with Gasteiger partial charge >= 0.3 is 0 Å². The SMILES string of the molecule is CCC(C)(C#N)N1C(=O)c2ccc(C)cc2C1=O. The van der Waals surface area contributed by atoms with Gasteiger partial charge in [0, 0.05) is 0 Å². The third-order valence-electron chi connectivity index (χ3n) is 3.46. The zero-order chi connectivity index (χ0) is 13.5. The summed E-state index contributed by atoms with van der Waals surface area (Å²) in [7, 11) is 0. The lowest BCUT2D eigenvalue weighted by molar-refractivity contribution is 0.0524. The third-order valence-corrected chi connectivity index (χ3v) is 3.46. The van der Waals surface area contributed by atoms with Gasteiger partial charge in [-0.25, -0.2) is 0 Å². The van der Waals surface area contributed by atoms with Gasteiger partial charge in [-0.3, -0.25) is 14.5 Å². The van der Waals surface area contributed by atoms with Crippen molar-refractivity contribution in [3.63, 3.8) is 0 Å². The van der Waals surface area contributed by atoms with Crippen LogP contribution < -0.4 is 0 Å². The van der Waals surface area contributed by atoms with Gasteiger partial charge in [-0.2, -0.15) is 5.26 Å². The lowest BCUT2D eigenvalue weighted by Gasteiger charge is -2.29. The molecule has 0 radical (unpaired) electrons. The Morgan fingerprint density at radius 2 is 1.89 bits per heavy atom. The quantitative estimate of drug-likeness (QED) is 0.747. The molecule has 2 amide bonds. The Bertz CT molecular complexity index is 586. The number of rotatable bonds is 2. The molecule has 18 heavy (non-hydrogen) atoms. The van der Waals surface area contributed by atoms with Gasteiger partial charge in [0.1, 0.15) is 5.54 Å². The van der Waals surface area contributed by atoms with E-state index in [2.05, 4.69) is 6.07 Å². The van der Waals surface area contributed by atoms with Gasteiger partial charge in [-0.15, -0.1) is 0 Å². The van der Waals surface area contributed by atoms with Gasteiger partial charge in [0.2, 0.25) is 0 Å². The number of imide groups is 1. The van der Waals surface area contributed by atoms with E-state index in [4.69, 9.17) is 0 Å². The van der Waals surface area contributed by atoms with Crippen molar-refractivity contribution in [2.45, 2.75) is 32.7 Å². The summed E-state index contributed by atoms with van der Waals surface area (Å²) in [4.78, 5) is 25.6. The molecule has 0 saturated carbocycles. The molecule has 92 valence electrons. The Kier molecular flexibility index (Phi) is 2.70. The van der Waals surface area contributed by atoms with Gasteiger partial charge in [-0.1, -0.05) is 18.6 Å². The van der Waals surface area contributed by atoms with E-state index in [0.29, 0.717) is 17.5 Å². The predicted molar refractivity (Wildman–Crippen MR) is 66.0 cm³/mol. The number of benzene rings is 1. The fourth-order valence-electron chi connectivity index (χ4n) is 2.09. The van der Waals surface area contributed by atoms with Crippen molar-refractivity contribution < 1.29 is 9.59 Å². The van der Waals surface area contributed by atoms with E-state index < -0.39 is 5.54 Å². The summed E-state index contributed by atoms with van der Waals surface area (Å²) in [6.07, 6.45) is 0.411. The van der Waals surface area contributed by atoms with E-state index in [1.807, 2.05) is 6.92 Å².